The van der Waals surface area contributed by atoms with Crippen molar-refractivity contribution in [3.63, 3.8) is 0 Å². The molecule has 1 aromatic carbocycles. The van der Waals surface area contributed by atoms with Crippen LogP contribution in [0.2, 0.25) is 0 Å². The highest BCUT2D eigenvalue weighted by Crippen LogP contribution is 2.28. The van der Waals surface area contributed by atoms with E-state index < -0.39 is 11.6 Å². The first kappa shape index (κ1) is 13.4. The molecular weight excluding hydrogens is 322 g/mol. The van der Waals surface area contributed by atoms with Crippen LogP contribution in [0.15, 0.2) is 28.1 Å². The van der Waals surface area contributed by atoms with Gasteiger partial charge in [-0.15, -0.1) is 11.3 Å². The maximum Gasteiger partial charge on any atom is 0.177 e. The van der Waals surface area contributed by atoms with E-state index in [9.17, 15) is 13.6 Å². The summed E-state index contributed by atoms with van der Waals surface area (Å²) < 4.78 is 27.7. The Bertz CT molecular complexity index is 587. The highest BCUT2D eigenvalue weighted by molar-refractivity contribution is 9.10. The average molecular weight is 331 g/mol. The molecule has 94 valence electrons. The van der Waals surface area contributed by atoms with Crippen molar-refractivity contribution in [1.82, 2.24) is 0 Å². The normalized spacial score (nSPS) is 10.7. The second-order valence-electron chi connectivity index (χ2n) is 3.84. The average Bonchev–Trinajstić information content (AvgIpc) is 2.65. The molecule has 1 nitrogen and oxygen atoms in total. The highest BCUT2D eigenvalue weighted by Gasteiger charge is 2.18. The highest BCUT2D eigenvalue weighted by atomic mass is 79.9. The molecule has 0 N–H and O–H groups in total. The van der Waals surface area contributed by atoms with Crippen molar-refractivity contribution in [1.29, 1.82) is 0 Å². The van der Waals surface area contributed by atoms with Crippen LogP contribution in [-0.2, 0) is 6.42 Å². The Labute approximate surface area is 116 Å². The smallest absolute Gasteiger partial charge is 0.177 e. The minimum Gasteiger partial charge on any atom is -0.293 e. The molecule has 0 aliphatic rings. The SMILES string of the molecule is Cc1c(Br)csc1C(=O)Cc1c(F)cccc1F. The van der Waals surface area contributed by atoms with Crippen LogP contribution in [0, 0.1) is 18.6 Å². The van der Waals surface area contributed by atoms with E-state index in [0.29, 0.717) is 4.88 Å². The Balaban J connectivity index is 2.30. The molecule has 2 rings (SSSR count). The summed E-state index contributed by atoms with van der Waals surface area (Å²) in [5.41, 5.74) is 0.633. The van der Waals surface area contributed by atoms with E-state index in [-0.39, 0.29) is 17.8 Å². The quantitative estimate of drug-likeness (QED) is 0.756. The number of ketones is 1. The van der Waals surface area contributed by atoms with Crippen LogP contribution < -0.4 is 0 Å². The fourth-order valence-corrected chi connectivity index (χ4v) is 3.11. The van der Waals surface area contributed by atoms with Gasteiger partial charge in [0.1, 0.15) is 11.6 Å². The summed E-state index contributed by atoms with van der Waals surface area (Å²) in [5.74, 6) is -1.64. The number of halogens is 3. The molecule has 0 atom stereocenters. The van der Waals surface area contributed by atoms with E-state index in [1.807, 2.05) is 0 Å². The van der Waals surface area contributed by atoms with Gasteiger partial charge in [0.15, 0.2) is 5.78 Å². The molecule has 2 aromatic rings. The van der Waals surface area contributed by atoms with Crippen molar-refractivity contribution < 1.29 is 13.6 Å². The number of carbonyl (C=O) groups is 1. The predicted octanol–water partition coefficient (Wildman–Crippen LogP) is 4.52. The van der Waals surface area contributed by atoms with E-state index in [2.05, 4.69) is 15.9 Å². The lowest BCUT2D eigenvalue weighted by Gasteiger charge is -2.04. The van der Waals surface area contributed by atoms with Gasteiger partial charge in [0.25, 0.3) is 0 Å². The topological polar surface area (TPSA) is 17.1 Å². The summed E-state index contributed by atoms with van der Waals surface area (Å²) in [6.07, 6.45) is -0.258. The molecule has 0 aliphatic heterocycles. The van der Waals surface area contributed by atoms with Gasteiger partial charge in [-0.25, -0.2) is 8.78 Å². The molecular formula is C13H9BrF2OS. The maximum absolute atomic E-state index is 13.4. The van der Waals surface area contributed by atoms with Crippen LogP contribution in [-0.4, -0.2) is 5.78 Å². The van der Waals surface area contributed by atoms with Crippen LogP contribution in [0.5, 0.6) is 0 Å². The number of Topliss-reactive ketones (excluding diaryl/α,β-unsaturated/α-hetero) is 1. The molecule has 0 radical (unpaired) electrons. The van der Waals surface area contributed by atoms with E-state index in [0.717, 1.165) is 22.2 Å². The van der Waals surface area contributed by atoms with E-state index in [1.54, 1.807) is 12.3 Å². The number of benzene rings is 1. The number of rotatable bonds is 3. The molecule has 18 heavy (non-hydrogen) atoms. The lowest BCUT2D eigenvalue weighted by atomic mass is 10.1. The monoisotopic (exact) mass is 330 g/mol. The Morgan fingerprint density at radius 3 is 2.44 bits per heavy atom. The van der Waals surface area contributed by atoms with Crippen molar-refractivity contribution >= 4 is 33.0 Å². The van der Waals surface area contributed by atoms with Gasteiger partial charge in [0.05, 0.1) is 4.88 Å². The van der Waals surface area contributed by atoms with Crippen molar-refractivity contribution in [3.8, 4) is 0 Å². The second-order valence-corrected chi connectivity index (χ2v) is 5.57. The van der Waals surface area contributed by atoms with E-state index >= 15 is 0 Å². The third-order valence-electron chi connectivity index (χ3n) is 2.63. The number of hydrogen-bond acceptors (Lipinski definition) is 2. The van der Waals surface area contributed by atoms with Crippen molar-refractivity contribution in [2.45, 2.75) is 13.3 Å². The standard InChI is InChI=1S/C13H9BrF2OS/c1-7-9(14)6-18-13(7)12(17)5-8-10(15)3-2-4-11(8)16/h2-4,6H,5H2,1H3. The van der Waals surface area contributed by atoms with Crippen molar-refractivity contribution in [2.24, 2.45) is 0 Å². The number of carbonyl (C=O) groups excluding carboxylic acids is 1. The summed E-state index contributed by atoms with van der Waals surface area (Å²) in [7, 11) is 0. The second kappa shape index (κ2) is 5.28. The van der Waals surface area contributed by atoms with Crippen LogP contribution in [0.3, 0.4) is 0 Å². The number of hydrogen-bond donors (Lipinski definition) is 0. The van der Waals surface area contributed by atoms with E-state index in [1.165, 1.54) is 17.4 Å². The van der Waals surface area contributed by atoms with E-state index in [4.69, 9.17) is 0 Å². The molecule has 0 aliphatic carbocycles. The lowest BCUT2D eigenvalue weighted by molar-refractivity contribution is 0.0994. The van der Waals surface area contributed by atoms with Gasteiger partial charge in [-0.2, -0.15) is 0 Å². The van der Waals surface area contributed by atoms with Crippen LogP contribution >= 0.6 is 27.3 Å². The number of thiophene rings is 1. The van der Waals surface area contributed by atoms with Gasteiger partial charge in [-0.05, 0) is 40.5 Å². The largest absolute Gasteiger partial charge is 0.293 e. The van der Waals surface area contributed by atoms with Crippen molar-refractivity contribution in [2.75, 3.05) is 0 Å². The Kier molecular flexibility index (Phi) is 3.92. The Hall–Kier alpha value is -1.07. The Morgan fingerprint density at radius 2 is 1.94 bits per heavy atom. The summed E-state index contributed by atoms with van der Waals surface area (Å²) in [6.45, 7) is 1.80. The van der Waals surface area contributed by atoms with Gasteiger partial charge in [-0.1, -0.05) is 6.07 Å². The molecule has 5 heteroatoms. The van der Waals surface area contributed by atoms with Crippen LogP contribution in [0.1, 0.15) is 20.8 Å². The molecule has 0 bridgehead atoms. The minimum absolute atomic E-state index is 0.175. The Morgan fingerprint density at radius 1 is 1.33 bits per heavy atom. The lowest BCUT2D eigenvalue weighted by Crippen LogP contribution is -2.06. The predicted molar refractivity (Wildman–Crippen MR) is 71.1 cm³/mol. The van der Waals surface area contributed by atoms with Crippen molar-refractivity contribution in [3.05, 3.63) is 55.7 Å². The zero-order chi connectivity index (χ0) is 13.3. The summed E-state index contributed by atoms with van der Waals surface area (Å²) >= 11 is 4.58. The third-order valence-corrected chi connectivity index (χ3v) is 4.88. The van der Waals surface area contributed by atoms with Gasteiger partial charge in [0.2, 0.25) is 0 Å². The van der Waals surface area contributed by atoms with Crippen LogP contribution in [0.4, 0.5) is 8.78 Å². The molecule has 0 saturated carbocycles. The first-order valence-electron chi connectivity index (χ1n) is 5.20. The maximum atomic E-state index is 13.4. The molecule has 0 amide bonds. The molecule has 1 aromatic heterocycles. The zero-order valence-electron chi connectivity index (χ0n) is 9.47. The fraction of sp³-hybridized carbons (Fsp3) is 0.154. The molecule has 0 saturated heterocycles. The zero-order valence-corrected chi connectivity index (χ0v) is 11.9. The van der Waals surface area contributed by atoms with Gasteiger partial charge < -0.3 is 0 Å². The van der Waals surface area contributed by atoms with Gasteiger partial charge >= 0.3 is 0 Å². The molecule has 0 spiro atoms. The molecule has 0 unspecified atom stereocenters. The summed E-state index contributed by atoms with van der Waals surface area (Å²) in [6, 6.07) is 3.59. The third kappa shape index (κ3) is 2.52. The summed E-state index contributed by atoms with van der Waals surface area (Å²) in [4.78, 5) is 12.5. The first-order valence-corrected chi connectivity index (χ1v) is 6.87. The first-order chi connectivity index (χ1) is 8.50. The minimum atomic E-state index is -0.684. The van der Waals surface area contributed by atoms with Crippen LogP contribution in [0.25, 0.3) is 0 Å². The molecule has 1 heterocycles. The summed E-state index contributed by atoms with van der Waals surface area (Å²) in [5, 5.41) is 1.79. The molecule has 0 fully saturated rings. The van der Waals surface area contributed by atoms with Gasteiger partial charge in [-0.3, -0.25) is 4.79 Å². The van der Waals surface area contributed by atoms with Gasteiger partial charge in [0, 0.05) is 21.8 Å². The fourth-order valence-electron chi connectivity index (χ4n) is 1.61.